The van der Waals surface area contributed by atoms with E-state index in [1.54, 1.807) is 11.9 Å². The zero-order chi connectivity index (χ0) is 18.4. The summed E-state index contributed by atoms with van der Waals surface area (Å²) < 4.78 is 0. The van der Waals surface area contributed by atoms with E-state index in [1.807, 2.05) is 32.0 Å². The fraction of sp³-hybridized carbons (Fsp3) is 0.636. The molecule has 4 heteroatoms. The van der Waals surface area contributed by atoms with Crippen molar-refractivity contribution in [2.45, 2.75) is 46.0 Å². The molecule has 0 atom stereocenters. The fourth-order valence-electron chi connectivity index (χ4n) is 6.07. The molecule has 1 aromatic rings. The Bertz CT molecular complexity index is 679. The number of rotatable bonds is 4. The van der Waals surface area contributed by atoms with E-state index in [1.165, 1.54) is 32.1 Å². The van der Waals surface area contributed by atoms with Crippen molar-refractivity contribution in [1.29, 1.82) is 0 Å². The quantitative estimate of drug-likeness (QED) is 0.895. The average molecular weight is 354 g/mol. The largest absolute Gasteiger partial charge is 0.336 e. The van der Waals surface area contributed by atoms with Gasteiger partial charge in [-0.1, -0.05) is 18.2 Å². The molecule has 5 rings (SSSR count). The van der Waals surface area contributed by atoms with Gasteiger partial charge in [0.2, 0.25) is 11.8 Å². The molecule has 4 aliphatic rings. The zero-order valence-electron chi connectivity index (χ0n) is 16.1. The molecule has 0 saturated heterocycles. The fourth-order valence-corrected chi connectivity index (χ4v) is 6.07. The van der Waals surface area contributed by atoms with Gasteiger partial charge in [-0.15, -0.1) is 0 Å². The minimum atomic E-state index is -0.109. The highest BCUT2D eigenvalue weighted by Crippen LogP contribution is 2.56. The second kappa shape index (κ2) is 6.71. The van der Waals surface area contributed by atoms with Crippen LogP contribution in [0, 0.1) is 43.4 Å². The standard InChI is InChI=1S/C22H30N2O2/c1-13-5-4-6-14(2)21(13)23-19(25)12-24(3)22(26)20-17-8-15-7-16(10-17)11-18(20)9-15/h4-6,15-18,20H,7-12H2,1-3H3,(H,23,25). The number of hydrogen-bond acceptors (Lipinski definition) is 2. The summed E-state index contributed by atoms with van der Waals surface area (Å²) in [6.45, 7) is 4.12. The van der Waals surface area contributed by atoms with Gasteiger partial charge in [-0.3, -0.25) is 9.59 Å². The number of nitrogens with one attached hydrogen (secondary N) is 1. The van der Waals surface area contributed by atoms with Crippen LogP contribution in [0.3, 0.4) is 0 Å². The number of para-hydroxylation sites is 1. The second-order valence-electron chi connectivity index (χ2n) is 8.97. The van der Waals surface area contributed by atoms with Gasteiger partial charge < -0.3 is 10.2 Å². The summed E-state index contributed by atoms with van der Waals surface area (Å²) in [4.78, 5) is 27.3. The van der Waals surface area contributed by atoms with E-state index < -0.39 is 0 Å². The first kappa shape index (κ1) is 17.6. The molecule has 4 bridgehead atoms. The summed E-state index contributed by atoms with van der Waals surface area (Å²) in [5.41, 5.74) is 2.97. The third kappa shape index (κ3) is 3.15. The Morgan fingerprint density at radius 2 is 1.54 bits per heavy atom. The zero-order valence-corrected chi connectivity index (χ0v) is 16.1. The molecule has 1 aromatic carbocycles. The number of aryl methyl sites for hydroxylation is 2. The number of likely N-dealkylation sites (N-methyl/N-ethyl adjacent to an activating group) is 1. The lowest BCUT2D eigenvalue weighted by atomic mass is 9.51. The van der Waals surface area contributed by atoms with Crippen LogP contribution in [0.2, 0.25) is 0 Å². The Hall–Kier alpha value is -1.84. The molecule has 26 heavy (non-hydrogen) atoms. The minimum Gasteiger partial charge on any atom is -0.336 e. The van der Waals surface area contributed by atoms with E-state index in [9.17, 15) is 9.59 Å². The van der Waals surface area contributed by atoms with Gasteiger partial charge in [-0.25, -0.2) is 0 Å². The number of benzene rings is 1. The van der Waals surface area contributed by atoms with Crippen molar-refractivity contribution >= 4 is 17.5 Å². The van der Waals surface area contributed by atoms with Gasteiger partial charge in [0, 0.05) is 18.7 Å². The summed E-state index contributed by atoms with van der Waals surface area (Å²) in [7, 11) is 1.79. The maximum atomic E-state index is 13.1. The number of carbonyl (C=O) groups excluding carboxylic acids is 2. The van der Waals surface area contributed by atoms with Gasteiger partial charge in [0.15, 0.2) is 0 Å². The van der Waals surface area contributed by atoms with E-state index in [2.05, 4.69) is 5.32 Å². The van der Waals surface area contributed by atoms with Crippen molar-refractivity contribution in [1.82, 2.24) is 4.90 Å². The van der Waals surface area contributed by atoms with Gasteiger partial charge in [0.1, 0.15) is 0 Å². The molecule has 0 radical (unpaired) electrons. The van der Waals surface area contributed by atoms with Crippen LogP contribution in [0.1, 0.15) is 43.2 Å². The van der Waals surface area contributed by atoms with Crippen LogP contribution in [0.25, 0.3) is 0 Å². The van der Waals surface area contributed by atoms with Crippen LogP contribution in [-0.4, -0.2) is 30.3 Å². The average Bonchev–Trinajstić information content (AvgIpc) is 2.57. The van der Waals surface area contributed by atoms with Crippen LogP contribution < -0.4 is 5.32 Å². The maximum Gasteiger partial charge on any atom is 0.243 e. The van der Waals surface area contributed by atoms with E-state index in [0.717, 1.165) is 28.7 Å². The van der Waals surface area contributed by atoms with Gasteiger partial charge >= 0.3 is 0 Å². The number of nitrogens with zero attached hydrogens (tertiary/aromatic N) is 1. The third-order valence-corrected chi connectivity index (χ3v) is 7.01. The highest BCUT2D eigenvalue weighted by Gasteiger charge is 2.51. The van der Waals surface area contributed by atoms with Gasteiger partial charge in [0.05, 0.1) is 6.54 Å². The molecule has 4 aliphatic carbocycles. The van der Waals surface area contributed by atoms with E-state index in [0.29, 0.717) is 11.8 Å². The van der Waals surface area contributed by atoms with Crippen LogP contribution >= 0.6 is 0 Å². The molecule has 0 aromatic heterocycles. The van der Waals surface area contributed by atoms with Gasteiger partial charge in [-0.2, -0.15) is 0 Å². The minimum absolute atomic E-state index is 0.109. The van der Waals surface area contributed by atoms with Gasteiger partial charge in [-0.05, 0) is 80.8 Å². The number of anilines is 1. The van der Waals surface area contributed by atoms with Crippen molar-refractivity contribution in [2.75, 3.05) is 18.9 Å². The molecular weight excluding hydrogens is 324 g/mol. The molecule has 0 aliphatic heterocycles. The molecule has 4 nitrogen and oxygen atoms in total. The van der Waals surface area contributed by atoms with E-state index in [4.69, 9.17) is 0 Å². The van der Waals surface area contributed by atoms with E-state index in [-0.39, 0.29) is 24.3 Å². The summed E-state index contributed by atoms with van der Waals surface area (Å²) in [5, 5.41) is 3.00. The lowest BCUT2D eigenvalue weighted by molar-refractivity contribution is -0.149. The molecule has 2 amide bonds. The summed E-state index contributed by atoms with van der Waals surface area (Å²) in [6, 6.07) is 5.97. The number of hydrogen-bond donors (Lipinski definition) is 1. The Morgan fingerprint density at radius 1 is 1.00 bits per heavy atom. The number of amides is 2. The molecule has 4 saturated carbocycles. The summed E-state index contributed by atoms with van der Waals surface area (Å²) in [6.07, 6.45) is 6.30. The second-order valence-corrected chi connectivity index (χ2v) is 8.97. The molecule has 4 fully saturated rings. The van der Waals surface area contributed by atoms with Crippen LogP contribution in [0.5, 0.6) is 0 Å². The van der Waals surface area contributed by atoms with Crippen LogP contribution in [-0.2, 0) is 9.59 Å². The molecule has 1 N–H and O–H groups in total. The molecule has 0 heterocycles. The predicted molar refractivity (Wildman–Crippen MR) is 103 cm³/mol. The number of carbonyl (C=O) groups is 2. The molecule has 140 valence electrons. The highest BCUT2D eigenvalue weighted by atomic mass is 16.2. The smallest absolute Gasteiger partial charge is 0.243 e. The van der Waals surface area contributed by atoms with Crippen LogP contribution in [0.4, 0.5) is 5.69 Å². The van der Waals surface area contributed by atoms with Crippen molar-refractivity contribution in [2.24, 2.45) is 29.6 Å². The lowest BCUT2D eigenvalue weighted by Crippen LogP contribution is -2.52. The monoisotopic (exact) mass is 354 g/mol. The SMILES string of the molecule is Cc1cccc(C)c1NC(=O)CN(C)C(=O)C1C2CC3CC(C2)CC1C3. The van der Waals surface area contributed by atoms with Crippen molar-refractivity contribution in [3.63, 3.8) is 0 Å². The lowest BCUT2D eigenvalue weighted by Gasteiger charge is -2.54. The Labute approximate surface area is 156 Å². The van der Waals surface area contributed by atoms with Crippen molar-refractivity contribution < 1.29 is 9.59 Å². The molecular formula is C22H30N2O2. The Kier molecular flexibility index (Phi) is 4.54. The molecule has 0 unspecified atom stereocenters. The predicted octanol–water partition coefficient (Wildman–Crippen LogP) is 3.77. The summed E-state index contributed by atoms with van der Waals surface area (Å²) in [5.74, 6) is 3.07. The van der Waals surface area contributed by atoms with Gasteiger partial charge in [0.25, 0.3) is 0 Å². The Morgan fingerprint density at radius 3 is 2.08 bits per heavy atom. The topological polar surface area (TPSA) is 49.4 Å². The van der Waals surface area contributed by atoms with Crippen LogP contribution in [0.15, 0.2) is 18.2 Å². The van der Waals surface area contributed by atoms with Crippen molar-refractivity contribution in [3.05, 3.63) is 29.3 Å². The first-order valence-electron chi connectivity index (χ1n) is 10.0. The normalized spacial score (nSPS) is 31.7. The molecule has 0 spiro atoms. The summed E-state index contributed by atoms with van der Waals surface area (Å²) >= 11 is 0. The first-order chi connectivity index (χ1) is 12.4. The third-order valence-electron chi connectivity index (χ3n) is 7.01. The highest BCUT2D eigenvalue weighted by molar-refractivity contribution is 5.96. The van der Waals surface area contributed by atoms with Crippen molar-refractivity contribution in [3.8, 4) is 0 Å². The van der Waals surface area contributed by atoms with E-state index >= 15 is 0 Å². The Balaban J connectivity index is 1.39. The first-order valence-corrected chi connectivity index (χ1v) is 10.0. The maximum absolute atomic E-state index is 13.1.